The zero-order chi connectivity index (χ0) is 21.8. The molecule has 1 rings (SSSR count). The Morgan fingerprint density at radius 1 is 1.00 bits per heavy atom. The van der Waals surface area contributed by atoms with E-state index in [1.165, 1.54) is 14.2 Å². The number of hydrogen-bond acceptors (Lipinski definition) is 6. The van der Waals surface area contributed by atoms with Gasteiger partial charge < -0.3 is 25.8 Å². The fraction of sp³-hybridized carbons (Fsp3) is 0.571. The van der Waals surface area contributed by atoms with Crippen LogP contribution in [-0.4, -0.2) is 56.7 Å². The molecule has 0 saturated carbocycles. The first kappa shape index (κ1) is 24.6. The standard InChI is InChI=1S/C21H33N3O5/c1-14(2)12-17(20(26)24-18(13-28-3)21(27)29-4)23-19(25)16(22)11-10-15-8-6-5-7-9-15/h5-9,14,16-18H,10-13,22H2,1-4H3,(H,23,25)(H,24,26)/t16-,17-,18-/m0/s1. The lowest BCUT2D eigenvalue weighted by Gasteiger charge is -2.24. The largest absolute Gasteiger partial charge is 0.467 e. The van der Waals surface area contributed by atoms with Crippen molar-refractivity contribution in [3.8, 4) is 0 Å². The van der Waals surface area contributed by atoms with Gasteiger partial charge in [-0.25, -0.2) is 4.79 Å². The summed E-state index contributed by atoms with van der Waals surface area (Å²) in [6.07, 6.45) is 1.53. The molecule has 0 bridgehead atoms. The second-order valence-corrected chi connectivity index (χ2v) is 7.36. The van der Waals surface area contributed by atoms with E-state index >= 15 is 0 Å². The third-order valence-corrected chi connectivity index (χ3v) is 4.40. The Bertz CT molecular complexity index is 651. The third kappa shape index (κ3) is 9.06. The van der Waals surface area contributed by atoms with Gasteiger partial charge in [-0.15, -0.1) is 0 Å². The molecule has 2 amide bonds. The number of rotatable bonds is 12. The van der Waals surface area contributed by atoms with Gasteiger partial charge in [0, 0.05) is 7.11 Å². The van der Waals surface area contributed by atoms with E-state index in [2.05, 4.69) is 15.4 Å². The van der Waals surface area contributed by atoms with Crippen LogP contribution in [0.3, 0.4) is 0 Å². The summed E-state index contributed by atoms with van der Waals surface area (Å²) in [6.45, 7) is 3.85. The Kier molecular flexibility index (Phi) is 10.9. The minimum absolute atomic E-state index is 0.0304. The van der Waals surface area contributed by atoms with Crippen molar-refractivity contribution in [2.75, 3.05) is 20.8 Å². The average Bonchev–Trinajstić information content (AvgIpc) is 2.70. The summed E-state index contributed by atoms with van der Waals surface area (Å²) in [4.78, 5) is 37.0. The maximum atomic E-state index is 12.7. The summed E-state index contributed by atoms with van der Waals surface area (Å²) in [6, 6.07) is 7.24. The number of nitrogens with two attached hydrogens (primary N) is 1. The van der Waals surface area contributed by atoms with E-state index in [1.807, 2.05) is 44.2 Å². The lowest BCUT2D eigenvalue weighted by Crippen LogP contribution is -2.55. The van der Waals surface area contributed by atoms with Crippen LogP contribution in [0.25, 0.3) is 0 Å². The molecule has 0 radical (unpaired) electrons. The Morgan fingerprint density at radius 2 is 1.62 bits per heavy atom. The van der Waals surface area contributed by atoms with E-state index in [1.54, 1.807) is 0 Å². The van der Waals surface area contributed by atoms with Crippen molar-refractivity contribution in [3.63, 3.8) is 0 Å². The van der Waals surface area contributed by atoms with Gasteiger partial charge in [0.2, 0.25) is 11.8 Å². The first-order valence-electron chi connectivity index (χ1n) is 9.75. The minimum Gasteiger partial charge on any atom is -0.467 e. The summed E-state index contributed by atoms with van der Waals surface area (Å²) in [5.41, 5.74) is 7.12. The first-order valence-corrected chi connectivity index (χ1v) is 9.75. The molecule has 0 unspecified atom stereocenters. The van der Waals surface area contributed by atoms with Crippen LogP contribution in [0.1, 0.15) is 32.3 Å². The first-order chi connectivity index (χ1) is 13.8. The second kappa shape index (κ2) is 12.9. The second-order valence-electron chi connectivity index (χ2n) is 7.36. The van der Waals surface area contributed by atoms with Gasteiger partial charge in [-0.05, 0) is 30.7 Å². The summed E-state index contributed by atoms with van der Waals surface area (Å²) >= 11 is 0. The molecular weight excluding hydrogens is 374 g/mol. The highest BCUT2D eigenvalue weighted by Gasteiger charge is 2.29. The van der Waals surface area contributed by atoms with Gasteiger partial charge >= 0.3 is 5.97 Å². The Balaban J connectivity index is 2.71. The van der Waals surface area contributed by atoms with Gasteiger partial charge in [0.05, 0.1) is 19.8 Å². The molecule has 0 aromatic heterocycles. The van der Waals surface area contributed by atoms with E-state index in [0.717, 1.165) is 5.56 Å². The molecule has 1 aromatic carbocycles. The maximum Gasteiger partial charge on any atom is 0.330 e. The monoisotopic (exact) mass is 407 g/mol. The van der Waals surface area contributed by atoms with Crippen LogP contribution in [-0.2, 0) is 30.3 Å². The lowest BCUT2D eigenvalue weighted by atomic mass is 10.0. The molecule has 0 aliphatic heterocycles. The number of benzene rings is 1. The number of nitrogens with one attached hydrogen (secondary N) is 2. The van der Waals surface area contributed by atoms with Crippen molar-refractivity contribution in [3.05, 3.63) is 35.9 Å². The fourth-order valence-corrected chi connectivity index (χ4v) is 2.83. The minimum atomic E-state index is -0.948. The highest BCUT2D eigenvalue weighted by atomic mass is 16.5. The molecule has 162 valence electrons. The summed E-state index contributed by atoms with van der Waals surface area (Å²) in [7, 11) is 2.65. The number of methoxy groups -OCH3 is 2. The number of ether oxygens (including phenoxy) is 2. The Labute approximate surface area is 172 Å². The molecule has 0 saturated heterocycles. The number of carbonyl (C=O) groups excluding carboxylic acids is 3. The van der Waals surface area contributed by atoms with E-state index < -0.39 is 35.9 Å². The van der Waals surface area contributed by atoms with Crippen LogP contribution in [0.4, 0.5) is 0 Å². The van der Waals surface area contributed by atoms with Gasteiger partial charge in [0.1, 0.15) is 6.04 Å². The van der Waals surface area contributed by atoms with Crippen LogP contribution in [0.5, 0.6) is 0 Å². The van der Waals surface area contributed by atoms with Gasteiger partial charge in [-0.3, -0.25) is 9.59 Å². The molecule has 0 aliphatic rings. The highest BCUT2D eigenvalue weighted by molar-refractivity contribution is 5.92. The van der Waals surface area contributed by atoms with E-state index in [-0.39, 0.29) is 12.5 Å². The van der Waals surface area contributed by atoms with Crippen molar-refractivity contribution in [1.29, 1.82) is 0 Å². The van der Waals surface area contributed by atoms with E-state index in [9.17, 15) is 14.4 Å². The molecule has 1 aromatic rings. The van der Waals surface area contributed by atoms with Crippen molar-refractivity contribution in [2.45, 2.75) is 51.2 Å². The predicted octanol–water partition coefficient (Wildman–Crippen LogP) is 0.782. The number of hydrogen-bond donors (Lipinski definition) is 3. The summed E-state index contributed by atoms with van der Waals surface area (Å²) in [5.74, 6) is -1.35. The maximum absolute atomic E-state index is 12.7. The molecule has 0 aliphatic carbocycles. The zero-order valence-corrected chi connectivity index (χ0v) is 17.6. The quantitative estimate of drug-likeness (QED) is 0.441. The molecule has 8 heteroatoms. The number of carbonyl (C=O) groups is 3. The van der Waals surface area contributed by atoms with E-state index in [4.69, 9.17) is 10.5 Å². The van der Waals surface area contributed by atoms with Gasteiger partial charge in [-0.1, -0.05) is 44.2 Å². The third-order valence-electron chi connectivity index (χ3n) is 4.40. The van der Waals surface area contributed by atoms with E-state index in [0.29, 0.717) is 19.3 Å². The molecule has 29 heavy (non-hydrogen) atoms. The molecular formula is C21H33N3O5. The SMILES string of the molecule is COC[C@H](NC(=O)[C@H](CC(C)C)NC(=O)[C@@H](N)CCc1ccccc1)C(=O)OC. The summed E-state index contributed by atoms with van der Waals surface area (Å²) < 4.78 is 9.64. The smallest absolute Gasteiger partial charge is 0.330 e. The number of aryl methyl sites for hydroxylation is 1. The molecule has 3 atom stereocenters. The van der Waals surface area contributed by atoms with Gasteiger partial charge in [0.25, 0.3) is 0 Å². The van der Waals surface area contributed by atoms with Crippen molar-refractivity contribution >= 4 is 17.8 Å². The predicted molar refractivity (Wildman–Crippen MR) is 110 cm³/mol. The zero-order valence-electron chi connectivity index (χ0n) is 17.6. The van der Waals surface area contributed by atoms with Crippen LogP contribution in [0, 0.1) is 5.92 Å². The van der Waals surface area contributed by atoms with Crippen LogP contribution in [0.15, 0.2) is 30.3 Å². The fourth-order valence-electron chi connectivity index (χ4n) is 2.83. The average molecular weight is 408 g/mol. The molecule has 8 nitrogen and oxygen atoms in total. The molecule has 0 spiro atoms. The van der Waals surface area contributed by atoms with Gasteiger partial charge in [-0.2, -0.15) is 0 Å². The van der Waals surface area contributed by atoms with Crippen LogP contribution >= 0.6 is 0 Å². The number of esters is 1. The van der Waals surface area contributed by atoms with Crippen LogP contribution in [0.2, 0.25) is 0 Å². The topological polar surface area (TPSA) is 120 Å². The van der Waals surface area contributed by atoms with Crippen LogP contribution < -0.4 is 16.4 Å². The molecule has 4 N–H and O–H groups in total. The highest BCUT2D eigenvalue weighted by Crippen LogP contribution is 2.08. The Hall–Kier alpha value is -2.45. The summed E-state index contributed by atoms with van der Waals surface area (Å²) in [5, 5.41) is 5.30. The number of amides is 2. The lowest BCUT2D eigenvalue weighted by molar-refractivity contribution is -0.147. The van der Waals surface area contributed by atoms with Crippen molar-refractivity contribution < 1.29 is 23.9 Å². The Morgan fingerprint density at radius 3 is 2.17 bits per heavy atom. The normalized spacial score (nSPS) is 14.0. The van der Waals surface area contributed by atoms with Gasteiger partial charge in [0.15, 0.2) is 6.04 Å². The van der Waals surface area contributed by atoms with Crippen molar-refractivity contribution in [1.82, 2.24) is 10.6 Å². The molecule has 0 heterocycles. The van der Waals surface area contributed by atoms with Crippen molar-refractivity contribution in [2.24, 2.45) is 11.7 Å². The molecule has 0 fully saturated rings.